The van der Waals surface area contributed by atoms with Crippen molar-refractivity contribution in [3.05, 3.63) is 76.1 Å². The van der Waals surface area contributed by atoms with Gasteiger partial charge in [-0.05, 0) is 35.7 Å². The zero-order chi connectivity index (χ0) is 21.6. The number of rotatable bonds is 4. The van der Waals surface area contributed by atoms with Crippen LogP contribution in [-0.4, -0.2) is 25.0 Å². The van der Waals surface area contributed by atoms with E-state index in [4.69, 9.17) is 5.73 Å². The highest BCUT2D eigenvalue weighted by atomic mass is 19.1. The SMILES string of the molecule is CC(C)c1ccc(-c2nc(C(N)=O)c3c(n2)n(-c2ccc(F)cc2)c(=O)n3C)cc1. The van der Waals surface area contributed by atoms with E-state index in [-0.39, 0.29) is 22.7 Å². The van der Waals surface area contributed by atoms with Crippen LogP contribution in [0.3, 0.4) is 0 Å². The van der Waals surface area contributed by atoms with E-state index in [0.717, 1.165) is 5.56 Å². The van der Waals surface area contributed by atoms with Crippen molar-refractivity contribution in [2.24, 2.45) is 12.8 Å². The first kappa shape index (κ1) is 19.5. The number of fused-ring (bicyclic) bond motifs is 1. The molecule has 0 saturated heterocycles. The van der Waals surface area contributed by atoms with Crippen LogP contribution < -0.4 is 11.4 Å². The second-order valence-electron chi connectivity index (χ2n) is 7.36. The lowest BCUT2D eigenvalue weighted by Crippen LogP contribution is -2.21. The summed E-state index contributed by atoms with van der Waals surface area (Å²) in [6, 6.07) is 13.1. The molecule has 2 aromatic heterocycles. The van der Waals surface area contributed by atoms with Gasteiger partial charge in [0, 0.05) is 12.6 Å². The first-order valence-corrected chi connectivity index (χ1v) is 9.43. The van der Waals surface area contributed by atoms with E-state index >= 15 is 0 Å². The molecule has 8 heteroatoms. The van der Waals surface area contributed by atoms with Gasteiger partial charge in [0.2, 0.25) is 0 Å². The number of benzene rings is 2. The van der Waals surface area contributed by atoms with Crippen molar-refractivity contribution >= 4 is 17.1 Å². The van der Waals surface area contributed by atoms with Gasteiger partial charge in [-0.15, -0.1) is 0 Å². The average molecular weight is 405 g/mol. The average Bonchev–Trinajstić information content (AvgIpc) is 2.98. The summed E-state index contributed by atoms with van der Waals surface area (Å²) in [6.45, 7) is 4.18. The molecule has 4 rings (SSSR count). The van der Waals surface area contributed by atoms with Crippen LogP contribution >= 0.6 is 0 Å². The molecule has 0 aliphatic heterocycles. The summed E-state index contributed by atoms with van der Waals surface area (Å²) in [5.41, 5.74) is 7.78. The van der Waals surface area contributed by atoms with Crippen LogP contribution in [0.25, 0.3) is 28.2 Å². The lowest BCUT2D eigenvalue weighted by Gasteiger charge is -2.09. The fourth-order valence-electron chi connectivity index (χ4n) is 3.38. The molecular formula is C22H20FN5O2. The standard InChI is InChI=1S/C22H20FN5O2/c1-12(2)13-4-6-14(7-5-13)20-25-17(19(24)29)18-21(26-20)28(22(30)27(18)3)16-10-8-15(23)9-11-16/h4-12H,1-3H3,(H2,24,29). The molecule has 1 amide bonds. The Hall–Kier alpha value is -3.81. The van der Waals surface area contributed by atoms with Crippen molar-refractivity contribution < 1.29 is 9.18 Å². The first-order chi connectivity index (χ1) is 14.3. The van der Waals surface area contributed by atoms with Crippen LogP contribution in [0, 0.1) is 5.82 Å². The van der Waals surface area contributed by atoms with Crippen molar-refractivity contribution in [2.45, 2.75) is 19.8 Å². The predicted molar refractivity (Wildman–Crippen MR) is 112 cm³/mol. The van der Waals surface area contributed by atoms with E-state index in [1.807, 2.05) is 24.3 Å². The molecule has 0 spiro atoms. The second kappa shape index (κ2) is 7.22. The molecular weight excluding hydrogens is 385 g/mol. The number of aryl methyl sites for hydroxylation is 1. The molecule has 0 bridgehead atoms. The molecule has 0 radical (unpaired) electrons. The van der Waals surface area contributed by atoms with Crippen molar-refractivity contribution in [2.75, 3.05) is 0 Å². The number of hydrogen-bond donors (Lipinski definition) is 1. The second-order valence-corrected chi connectivity index (χ2v) is 7.36. The quantitative estimate of drug-likeness (QED) is 0.564. The zero-order valence-corrected chi connectivity index (χ0v) is 16.8. The van der Waals surface area contributed by atoms with E-state index in [1.54, 1.807) is 0 Å². The van der Waals surface area contributed by atoms with Crippen molar-refractivity contribution in [3.63, 3.8) is 0 Å². The third-order valence-corrected chi connectivity index (χ3v) is 5.04. The van der Waals surface area contributed by atoms with Gasteiger partial charge in [0.15, 0.2) is 17.2 Å². The Bertz CT molecular complexity index is 1320. The Balaban J connectivity index is 2.02. The molecule has 7 nitrogen and oxygen atoms in total. The zero-order valence-electron chi connectivity index (χ0n) is 16.8. The molecule has 2 N–H and O–H groups in total. The summed E-state index contributed by atoms with van der Waals surface area (Å²) < 4.78 is 16.0. The maximum atomic E-state index is 13.4. The number of carbonyl (C=O) groups is 1. The maximum absolute atomic E-state index is 13.4. The number of imidazole rings is 1. The summed E-state index contributed by atoms with van der Waals surface area (Å²) >= 11 is 0. The molecule has 0 unspecified atom stereocenters. The minimum Gasteiger partial charge on any atom is -0.364 e. The van der Waals surface area contributed by atoms with Gasteiger partial charge in [-0.25, -0.2) is 23.7 Å². The molecule has 2 aromatic carbocycles. The number of primary amides is 1. The van der Waals surface area contributed by atoms with Crippen LogP contribution in [0.4, 0.5) is 4.39 Å². The van der Waals surface area contributed by atoms with Crippen molar-refractivity contribution in [3.8, 4) is 17.1 Å². The van der Waals surface area contributed by atoms with Crippen molar-refractivity contribution in [1.82, 2.24) is 19.1 Å². The lowest BCUT2D eigenvalue weighted by molar-refractivity contribution is 0.0997. The Labute approximate surface area is 171 Å². The summed E-state index contributed by atoms with van der Waals surface area (Å²) in [4.78, 5) is 34.0. The third-order valence-electron chi connectivity index (χ3n) is 5.04. The molecule has 0 saturated carbocycles. The number of halogens is 1. The highest BCUT2D eigenvalue weighted by Crippen LogP contribution is 2.24. The number of nitrogens with two attached hydrogens (primary N) is 1. The van der Waals surface area contributed by atoms with Gasteiger partial charge in [0.25, 0.3) is 5.91 Å². The highest BCUT2D eigenvalue weighted by Gasteiger charge is 2.22. The van der Waals surface area contributed by atoms with Crippen LogP contribution in [0.5, 0.6) is 0 Å². The molecule has 0 aliphatic rings. The minimum atomic E-state index is -0.769. The normalized spacial score (nSPS) is 11.4. The van der Waals surface area contributed by atoms with Crippen LogP contribution in [0.15, 0.2) is 53.3 Å². The van der Waals surface area contributed by atoms with Gasteiger partial charge in [0.1, 0.15) is 11.3 Å². The third kappa shape index (κ3) is 3.16. The topological polar surface area (TPSA) is 95.8 Å². The maximum Gasteiger partial charge on any atom is 0.334 e. The van der Waals surface area contributed by atoms with Gasteiger partial charge in [-0.2, -0.15) is 0 Å². The smallest absolute Gasteiger partial charge is 0.334 e. The predicted octanol–water partition coefficient (Wildman–Crippen LogP) is 3.15. The summed E-state index contributed by atoms with van der Waals surface area (Å²) in [6.07, 6.45) is 0. The molecule has 4 aromatic rings. The van der Waals surface area contributed by atoms with Crippen LogP contribution in [0.2, 0.25) is 0 Å². The van der Waals surface area contributed by atoms with E-state index in [9.17, 15) is 14.0 Å². The number of amides is 1. The largest absolute Gasteiger partial charge is 0.364 e. The summed E-state index contributed by atoms with van der Waals surface area (Å²) in [5, 5.41) is 0. The molecule has 0 aliphatic carbocycles. The highest BCUT2D eigenvalue weighted by molar-refractivity contribution is 6.02. The van der Waals surface area contributed by atoms with Gasteiger partial charge < -0.3 is 5.73 Å². The number of nitrogens with zero attached hydrogens (tertiary/aromatic N) is 4. The summed E-state index contributed by atoms with van der Waals surface area (Å²) in [7, 11) is 1.51. The number of carbonyl (C=O) groups excluding carboxylic acids is 1. The fraction of sp³-hybridized carbons (Fsp3) is 0.182. The van der Waals surface area contributed by atoms with Gasteiger partial charge in [-0.1, -0.05) is 38.1 Å². The first-order valence-electron chi connectivity index (χ1n) is 9.43. The van der Waals surface area contributed by atoms with Crippen LogP contribution in [0.1, 0.15) is 35.8 Å². The Morgan fingerprint density at radius 1 is 1.03 bits per heavy atom. The fourth-order valence-corrected chi connectivity index (χ4v) is 3.38. The van der Waals surface area contributed by atoms with E-state index in [1.165, 1.54) is 40.4 Å². The monoisotopic (exact) mass is 405 g/mol. The number of hydrogen-bond acceptors (Lipinski definition) is 4. The van der Waals surface area contributed by atoms with E-state index in [2.05, 4.69) is 23.8 Å². The molecule has 30 heavy (non-hydrogen) atoms. The van der Waals surface area contributed by atoms with Crippen LogP contribution in [-0.2, 0) is 7.05 Å². The Morgan fingerprint density at radius 3 is 2.23 bits per heavy atom. The van der Waals surface area contributed by atoms with E-state index in [0.29, 0.717) is 17.2 Å². The lowest BCUT2D eigenvalue weighted by atomic mass is 10.0. The molecule has 0 atom stereocenters. The number of aromatic nitrogens is 4. The Morgan fingerprint density at radius 2 is 1.67 bits per heavy atom. The van der Waals surface area contributed by atoms with Gasteiger partial charge in [-0.3, -0.25) is 9.36 Å². The Kier molecular flexibility index (Phi) is 4.69. The molecule has 2 heterocycles. The van der Waals surface area contributed by atoms with Crippen molar-refractivity contribution in [1.29, 1.82) is 0 Å². The van der Waals surface area contributed by atoms with Gasteiger partial charge >= 0.3 is 5.69 Å². The minimum absolute atomic E-state index is 0.0524. The van der Waals surface area contributed by atoms with E-state index < -0.39 is 17.4 Å². The molecule has 0 fully saturated rings. The summed E-state index contributed by atoms with van der Waals surface area (Å²) in [5.74, 6) is -0.561. The van der Waals surface area contributed by atoms with Gasteiger partial charge in [0.05, 0.1) is 5.69 Å². The molecule has 152 valence electrons.